The first-order chi connectivity index (χ1) is 12.0. The SMILES string of the molecule is CC(C)CC(NC(=O)CC(c1ccccc1)c1ccccc1)C(=O)O. The first kappa shape index (κ1) is 18.7. The van der Waals surface area contributed by atoms with Crippen molar-refractivity contribution in [3.63, 3.8) is 0 Å². The highest BCUT2D eigenvalue weighted by Gasteiger charge is 2.24. The Bertz CT molecular complexity index is 643. The summed E-state index contributed by atoms with van der Waals surface area (Å²) in [6.45, 7) is 3.89. The van der Waals surface area contributed by atoms with E-state index >= 15 is 0 Å². The Morgan fingerprint density at radius 1 is 0.920 bits per heavy atom. The summed E-state index contributed by atoms with van der Waals surface area (Å²) in [5.74, 6) is -1.14. The number of aliphatic carboxylic acids is 1. The molecule has 0 saturated carbocycles. The summed E-state index contributed by atoms with van der Waals surface area (Å²) in [4.78, 5) is 23.9. The summed E-state index contributed by atoms with van der Waals surface area (Å²) < 4.78 is 0. The lowest BCUT2D eigenvalue weighted by molar-refractivity contribution is -0.142. The Balaban J connectivity index is 2.16. The number of benzene rings is 2. The lowest BCUT2D eigenvalue weighted by atomic mass is 9.88. The van der Waals surface area contributed by atoms with Crippen LogP contribution in [0.15, 0.2) is 60.7 Å². The molecule has 0 saturated heterocycles. The van der Waals surface area contributed by atoms with Gasteiger partial charge in [0.25, 0.3) is 0 Å². The van der Waals surface area contributed by atoms with Gasteiger partial charge in [0.15, 0.2) is 0 Å². The van der Waals surface area contributed by atoms with Crippen molar-refractivity contribution in [2.45, 2.75) is 38.6 Å². The molecule has 2 aromatic carbocycles. The van der Waals surface area contributed by atoms with Crippen molar-refractivity contribution in [1.29, 1.82) is 0 Å². The van der Waals surface area contributed by atoms with Crippen LogP contribution in [-0.2, 0) is 9.59 Å². The molecule has 132 valence electrons. The Hall–Kier alpha value is -2.62. The van der Waals surface area contributed by atoms with E-state index in [1.54, 1.807) is 0 Å². The minimum Gasteiger partial charge on any atom is -0.480 e. The lowest BCUT2D eigenvalue weighted by Crippen LogP contribution is -2.42. The third kappa shape index (κ3) is 5.75. The number of carboxylic acids is 1. The van der Waals surface area contributed by atoms with Gasteiger partial charge in [-0.3, -0.25) is 4.79 Å². The molecule has 4 nitrogen and oxygen atoms in total. The molecular weight excluding hydrogens is 314 g/mol. The van der Waals surface area contributed by atoms with E-state index in [-0.39, 0.29) is 24.2 Å². The van der Waals surface area contributed by atoms with E-state index in [4.69, 9.17) is 0 Å². The van der Waals surface area contributed by atoms with Gasteiger partial charge in [0, 0.05) is 12.3 Å². The van der Waals surface area contributed by atoms with Crippen LogP contribution >= 0.6 is 0 Å². The van der Waals surface area contributed by atoms with Gasteiger partial charge in [0.05, 0.1) is 0 Å². The number of nitrogens with one attached hydrogen (secondary N) is 1. The summed E-state index contributed by atoms with van der Waals surface area (Å²) >= 11 is 0. The van der Waals surface area contributed by atoms with Gasteiger partial charge in [-0.15, -0.1) is 0 Å². The topological polar surface area (TPSA) is 66.4 Å². The van der Waals surface area contributed by atoms with Crippen molar-refractivity contribution >= 4 is 11.9 Å². The van der Waals surface area contributed by atoms with Crippen molar-refractivity contribution in [2.24, 2.45) is 5.92 Å². The van der Waals surface area contributed by atoms with E-state index in [0.717, 1.165) is 11.1 Å². The smallest absolute Gasteiger partial charge is 0.326 e. The molecule has 0 spiro atoms. The predicted octanol–water partition coefficient (Wildman–Crippen LogP) is 3.82. The van der Waals surface area contributed by atoms with Crippen LogP contribution in [0.4, 0.5) is 0 Å². The molecule has 0 radical (unpaired) electrons. The van der Waals surface area contributed by atoms with Crippen molar-refractivity contribution in [2.75, 3.05) is 0 Å². The number of carbonyl (C=O) groups is 2. The maximum Gasteiger partial charge on any atom is 0.326 e. The van der Waals surface area contributed by atoms with Gasteiger partial charge >= 0.3 is 5.97 Å². The number of hydrogen-bond acceptors (Lipinski definition) is 2. The second kappa shape index (κ2) is 9.02. The molecule has 0 heterocycles. The van der Waals surface area contributed by atoms with Crippen molar-refractivity contribution in [1.82, 2.24) is 5.32 Å². The van der Waals surface area contributed by atoms with Gasteiger partial charge < -0.3 is 10.4 Å². The van der Waals surface area contributed by atoms with E-state index in [1.165, 1.54) is 0 Å². The van der Waals surface area contributed by atoms with Gasteiger partial charge in [-0.05, 0) is 23.5 Å². The molecule has 4 heteroatoms. The zero-order chi connectivity index (χ0) is 18.2. The summed E-state index contributed by atoms with van der Waals surface area (Å²) in [6.07, 6.45) is 0.637. The van der Waals surface area contributed by atoms with Gasteiger partial charge in [0.2, 0.25) is 5.91 Å². The van der Waals surface area contributed by atoms with E-state index in [2.05, 4.69) is 5.32 Å². The minimum atomic E-state index is -0.988. The fraction of sp³-hybridized carbons (Fsp3) is 0.333. The number of hydrogen-bond donors (Lipinski definition) is 2. The average Bonchev–Trinajstić information content (AvgIpc) is 2.60. The normalized spacial score (nSPS) is 12.2. The maximum absolute atomic E-state index is 12.5. The third-order valence-electron chi connectivity index (χ3n) is 4.13. The van der Waals surface area contributed by atoms with Crippen LogP contribution in [0.2, 0.25) is 0 Å². The molecule has 0 bridgehead atoms. The highest BCUT2D eigenvalue weighted by atomic mass is 16.4. The maximum atomic E-state index is 12.5. The van der Waals surface area contributed by atoms with Crippen LogP contribution < -0.4 is 5.32 Å². The van der Waals surface area contributed by atoms with Crippen LogP contribution in [0.5, 0.6) is 0 Å². The molecule has 0 aliphatic heterocycles. The third-order valence-corrected chi connectivity index (χ3v) is 4.13. The van der Waals surface area contributed by atoms with Crippen LogP contribution in [0.25, 0.3) is 0 Å². The molecule has 2 rings (SSSR count). The molecule has 0 aliphatic rings. The summed E-state index contributed by atoms with van der Waals surface area (Å²) in [6, 6.07) is 18.8. The summed E-state index contributed by atoms with van der Waals surface area (Å²) in [7, 11) is 0. The van der Waals surface area contributed by atoms with Crippen LogP contribution in [0.1, 0.15) is 43.7 Å². The van der Waals surface area contributed by atoms with E-state index in [0.29, 0.717) is 6.42 Å². The Labute approximate surface area is 148 Å². The van der Waals surface area contributed by atoms with Gasteiger partial charge in [0.1, 0.15) is 6.04 Å². The Morgan fingerprint density at radius 2 is 1.40 bits per heavy atom. The minimum absolute atomic E-state index is 0.101. The van der Waals surface area contributed by atoms with Gasteiger partial charge in [-0.2, -0.15) is 0 Å². The molecule has 25 heavy (non-hydrogen) atoms. The van der Waals surface area contributed by atoms with Crippen LogP contribution in [0.3, 0.4) is 0 Å². The monoisotopic (exact) mass is 339 g/mol. The molecule has 2 aromatic rings. The highest BCUT2D eigenvalue weighted by Crippen LogP contribution is 2.27. The predicted molar refractivity (Wildman–Crippen MR) is 98.4 cm³/mol. The highest BCUT2D eigenvalue weighted by molar-refractivity contribution is 5.84. The van der Waals surface area contributed by atoms with E-state index in [1.807, 2.05) is 74.5 Å². The quantitative estimate of drug-likeness (QED) is 0.768. The molecule has 0 fully saturated rings. The lowest BCUT2D eigenvalue weighted by Gasteiger charge is -2.21. The molecule has 1 amide bonds. The van der Waals surface area contributed by atoms with Gasteiger partial charge in [-0.1, -0.05) is 74.5 Å². The zero-order valence-corrected chi connectivity index (χ0v) is 14.7. The molecule has 2 N–H and O–H groups in total. The first-order valence-corrected chi connectivity index (χ1v) is 8.59. The fourth-order valence-corrected chi connectivity index (χ4v) is 2.93. The molecule has 1 unspecified atom stereocenters. The standard InChI is InChI=1S/C21H25NO3/c1-15(2)13-19(21(24)25)22-20(23)14-18(16-9-5-3-6-10-16)17-11-7-4-8-12-17/h3-12,15,18-19H,13-14H2,1-2H3,(H,22,23)(H,24,25). The largest absolute Gasteiger partial charge is 0.480 e. The van der Waals surface area contributed by atoms with Crippen LogP contribution in [-0.4, -0.2) is 23.0 Å². The second-order valence-corrected chi connectivity index (χ2v) is 6.67. The summed E-state index contributed by atoms with van der Waals surface area (Å²) in [5.41, 5.74) is 2.08. The Morgan fingerprint density at radius 3 is 1.80 bits per heavy atom. The van der Waals surface area contributed by atoms with E-state index < -0.39 is 12.0 Å². The molecular formula is C21H25NO3. The Kier molecular flexibility index (Phi) is 6.75. The number of rotatable bonds is 8. The molecule has 0 aromatic heterocycles. The molecule has 1 atom stereocenters. The van der Waals surface area contributed by atoms with Crippen molar-refractivity contribution in [3.05, 3.63) is 71.8 Å². The van der Waals surface area contributed by atoms with Crippen molar-refractivity contribution < 1.29 is 14.7 Å². The number of amides is 1. The second-order valence-electron chi connectivity index (χ2n) is 6.67. The number of carboxylic acid groups (broad SMARTS) is 1. The van der Waals surface area contributed by atoms with Crippen LogP contribution in [0, 0.1) is 5.92 Å². The first-order valence-electron chi connectivity index (χ1n) is 8.59. The van der Waals surface area contributed by atoms with Crippen molar-refractivity contribution in [3.8, 4) is 0 Å². The average molecular weight is 339 g/mol. The number of carbonyl (C=O) groups excluding carboxylic acids is 1. The zero-order valence-electron chi connectivity index (χ0n) is 14.7. The fourth-order valence-electron chi connectivity index (χ4n) is 2.93. The van der Waals surface area contributed by atoms with E-state index in [9.17, 15) is 14.7 Å². The summed E-state index contributed by atoms with van der Waals surface area (Å²) in [5, 5.41) is 12.0. The van der Waals surface area contributed by atoms with Gasteiger partial charge in [-0.25, -0.2) is 4.79 Å². The molecule has 0 aliphatic carbocycles.